The van der Waals surface area contributed by atoms with Crippen LogP contribution in [0.25, 0.3) is 0 Å². The van der Waals surface area contributed by atoms with E-state index < -0.39 is 12.0 Å². The van der Waals surface area contributed by atoms with Crippen LogP contribution in [0.4, 0.5) is 13.2 Å². The Morgan fingerprint density at radius 1 is 1.39 bits per heavy atom. The van der Waals surface area contributed by atoms with Crippen LogP contribution in [0, 0.1) is 11.8 Å². The van der Waals surface area contributed by atoms with Crippen molar-refractivity contribution in [2.75, 3.05) is 5.75 Å². The Bertz CT molecular complexity index is 474. The summed E-state index contributed by atoms with van der Waals surface area (Å²) in [4.78, 5) is 17.0. The van der Waals surface area contributed by atoms with Crippen LogP contribution in [0.2, 0.25) is 0 Å². The number of aromatic nitrogens is 2. The fourth-order valence-electron chi connectivity index (χ4n) is 0.949. The van der Waals surface area contributed by atoms with Crippen LogP contribution in [-0.2, 0) is 11.0 Å². The molecule has 96 valence electrons. The van der Waals surface area contributed by atoms with Crippen molar-refractivity contribution in [2.45, 2.75) is 19.5 Å². The summed E-state index contributed by atoms with van der Waals surface area (Å²) in [5.74, 6) is 4.74. The minimum Gasteiger partial charge on any atom is -0.288 e. The van der Waals surface area contributed by atoms with Crippen molar-refractivity contribution in [3.63, 3.8) is 0 Å². The number of nitrogens with zero attached hydrogens (tertiary/aromatic N) is 2. The van der Waals surface area contributed by atoms with Gasteiger partial charge >= 0.3 is 6.18 Å². The molecule has 0 saturated heterocycles. The summed E-state index contributed by atoms with van der Waals surface area (Å²) in [6.45, 7) is 1.46. The Labute approximate surface area is 106 Å². The topological polar surface area (TPSA) is 42.9 Å². The van der Waals surface area contributed by atoms with Gasteiger partial charge in [-0.2, -0.15) is 13.2 Å². The predicted molar refractivity (Wildman–Crippen MR) is 61.7 cm³/mol. The lowest BCUT2D eigenvalue weighted by atomic mass is 10.3. The summed E-state index contributed by atoms with van der Waals surface area (Å²) in [6, 6.07) is 0. The zero-order chi connectivity index (χ0) is 13.6. The molecular weight excluding hydrogens is 265 g/mol. The number of carbonyl (C=O) groups is 1. The first-order chi connectivity index (χ1) is 8.39. The Kier molecular flexibility index (Phi) is 5.16. The van der Waals surface area contributed by atoms with Crippen molar-refractivity contribution in [1.82, 2.24) is 9.97 Å². The average molecular weight is 274 g/mol. The van der Waals surface area contributed by atoms with Crippen molar-refractivity contribution < 1.29 is 18.0 Å². The molecule has 3 nitrogen and oxygen atoms in total. The molecule has 0 atom stereocenters. The largest absolute Gasteiger partial charge is 0.451 e. The number of rotatable bonds is 2. The lowest BCUT2D eigenvalue weighted by Crippen LogP contribution is -2.10. The number of hydrogen-bond acceptors (Lipinski definition) is 4. The van der Waals surface area contributed by atoms with Gasteiger partial charge in [-0.25, -0.2) is 9.97 Å². The van der Waals surface area contributed by atoms with Crippen molar-refractivity contribution >= 4 is 16.9 Å². The molecule has 1 aromatic rings. The first-order valence-corrected chi connectivity index (χ1v) is 5.89. The van der Waals surface area contributed by atoms with Gasteiger partial charge in [0.05, 0.1) is 5.56 Å². The molecule has 1 heterocycles. The van der Waals surface area contributed by atoms with Crippen LogP contribution in [0.5, 0.6) is 0 Å². The van der Waals surface area contributed by atoms with E-state index in [1.807, 2.05) is 0 Å². The van der Waals surface area contributed by atoms with Gasteiger partial charge in [0.2, 0.25) is 5.82 Å². The molecule has 18 heavy (non-hydrogen) atoms. The standard InChI is InChI=1S/C11H9F3N2OS/c1-8(17)18-5-3-2-4-9-6-15-10(16-7-9)11(12,13)14/h6-7H,3,5H2,1H3. The first kappa shape index (κ1) is 14.5. The molecule has 0 saturated carbocycles. The summed E-state index contributed by atoms with van der Waals surface area (Å²) in [5.41, 5.74) is 0.316. The quantitative estimate of drug-likeness (QED) is 0.614. The van der Waals surface area contributed by atoms with Crippen molar-refractivity contribution in [1.29, 1.82) is 0 Å². The SMILES string of the molecule is CC(=O)SCCC#Cc1cnc(C(F)(F)F)nc1. The zero-order valence-electron chi connectivity index (χ0n) is 9.41. The fraction of sp³-hybridized carbons (Fsp3) is 0.364. The molecule has 1 aromatic heterocycles. The molecule has 7 heteroatoms. The van der Waals surface area contributed by atoms with E-state index >= 15 is 0 Å². The van der Waals surface area contributed by atoms with E-state index in [0.29, 0.717) is 17.7 Å². The predicted octanol–water partition coefficient (Wildman–Crippen LogP) is 2.52. The lowest BCUT2D eigenvalue weighted by molar-refractivity contribution is -0.145. The third-order valence-electron chi connectivity index (χ3n) is 1.67. The van der Waals surface area contributed by atoms with Crippen LogP contribution < -0.4 is 0 Å². The molecule has 0 aromatic carbocycles. The van der Waals surface area contributed by atoms with Gasteiger partial charge < -0.3 is 0 Å². The summed E-state index contributed by atoms with van der Waals surface area (Å²) in [7, 11) is 0. The van der Waals surface area contributed by atoms with Gasteiger partial charge in [-0.3, -0.25) is 4.79 Å². The summed E-state index contributed by atoms with van der Waals surface area (Å²) >= 11 is 1.15. The number of thioether (sulfide) groups is 1. The monoisotopic (exact) mass is 274 g/mol. The molecule has 0 fully saturated rings. The average Bonchev–Trinajstić information content (AvgIpc) is 2.27. The normalized spacial score (nSPS) is 10.7. The number of halogens is 3. The molecule has 0 aliphatic rings. The maximum absolute atomic E-state index is 12.2. The molecule has 0 bridgehead atoms. The maximum atomic E-state index is 12.2. The molecule has 0 amide bonds. The van der Waals surface area contributed by atoms with Crippen LogP contribution >= 0.6 is 11.8 Å². The van der Waals surface area contributed by atoms with Crippen LogP contribution in [-0.4, -0.2) is 20.8 Å². The van der Waals surface area contributed by atoms with Crippen molar-refractivity contribution in [3.8, 4) is 11.8 Å². The number of carbonyl (C=O) groups excluding carboxylic acids is 1. The van der Waals surface area contributed by atoms with Gasteiger partial charge in [0.25, 0.3) is 0 Å². The summed E-state index contributed by atoms with van der Waals surface area (Å²) in [5, 5.41) is 0.00895. The van der Waals surface area contributed by atoms with Gasteiger partial charge in [-0.1, -0.05) is 23.6 Å². The third-order valence-corrected chi connectivity index (χ3v) is 2.49. The van der Waals surface area contributed by atoms with E-state index in [0.717, 1.165) is 24.2 Å². The van der Waals surface area contributed by atoms with Gasteiger partial charge in [-0.05, 0) is 0 Å². The van der Waals surface area contributed by atoms with E-state index in [2.05, 4.69) is 21.8 Å². The van der Waals surface area contributed by atoms with E-state index in [9.17, 15) is 18.0 Å². The van der Waals surface area contributed by atoms with Crippen molar-refractivity contribution in [2.24, 2.45) is 0 Å². The Hall–Kier alpha value is -1.55. The molecule has 0 radical (unpaired) electrons. The van der Waals surface area contributed by atoms with Gasteiger partial charge in [0.15, 0.2) is 5.12 Å². The third kappa shape index (κ3) is 5.19. The first-order valence-electron chi connectivity index (χ1n) is 4.91. The fourth-order valence-corrected chi connectivity index (χ4v) is 1.44. The van der Waals surface area contributed by atoms with Gasteiger partial charge in [-0.15, -0.1) is 0 Å². The van der Waals surface area contributed by atoms with E-state index in [1.165, 1.54) is 6.92 Å². The second-order valence-electron chi connectivity index (χ2n) is 3.18. The minimum absolute atomic E-state index is 0.00895. The maximum Gasteiger partial charge on any atom is 0.451 e. The summed E-state index contributed by atoms with van der Waals surface area (Å²) in [6.07, 6.45) is -2.00. The van der Waals surface area contributed by atoms with Crippen molar-refractivity contribution in [3.05, 3.63) is 23.8 Å². The van der Waals surface area contributed by atoms with E-state index in [-0.39, 0.29) is 5.12 Å². The molecular formula is C11H9F3N2OS. The highest BCUT2D eigenvalue weighted by atomic mass is 32.2. The van der Waals surface area contributed by atoms with Crippen LogP contribution in [0.15, 0.2) is 12.4 Å². The second kappa shape index (κ2) is 6.40. The molecule has 1 rings (SSSR count). The number of alkyl halides is 3. The minimum atomic E-state index is -4.54. The highest BCUT2D eigenvalue weighted by molar-refractivity contribution is 8.13. The highest BCUT2D eigenvalue weighted by Gasteiger charge is 2.34. The molecule has 0 aliphatic carbocycles. The van der Waals surface area contributed by atoms with Crippen LogP contribution in [0.3, 0.4) is 0 Å². The van der Waals surface area contributed by atoms with Gasteiger partial charge in [0.1, 0.15) is 0 Å². The van der Waals surface area contributed by atoms with Gasteiger partial charge in [0, 0.05) is 31.5 Å². The van der Waals surface area contributed by atoms with Crippen LogP contribution in [0.1, 0.15) is 24.7 Å². The molecule has 0 N–H and O–H groups in total. The van der Waals surface area contributed by atoms with E-state index in [4.69, 9.17) is 0 Å². The zero-order valence-corrected chi connectivity index (χ0v) is 10.2. The lowest BCUT2D eigenvalue weighted by Gasteiger charge is -2.02. The second-order valence-corrected chi connectivity index (χ2v) is 4.46. The molecule has 0 unspecified atom stereocenters. The Morgan fingerprint density at radius 2 is 2.00 bits per heavy atom. The molecule has 0 spiro atoms. The molecule has 0 aliphatic heterocycles. The number of hydrogen-bond donors (Lipinski definition) is 0. The smallest absolute Gasteiger partial charge is 0.288 e. The van der Waals surface area contributed by atoms with E-state index in [1.54, 1.807) is 0 Å². The highest BCUT2D eigenvalue weighted by Crippen LogP contribution is 2.25. The Balaban J connectivity index is 2.54. The summed E-state index contributed by atoms with van der Waals surface area (Å²) < 4.78 is 36.5. The Morgan fingerprint density at radius 3 is 2.50 bits per heavy atom.